The molecular weight excluding hydrogens is 412 g/mol. The Labute approximate surface area is 166 Å². The van der Waals surface area contributed by atoms with Crippen LogP contribution in [0.25, 0.3) is 0 Å². The largest absolute Gasteiger partial charge is 0.419 e. The van der Waals surface area contributed by atoms with Crippen LogP contribution in [0.2, 0.25) is 0 Å². The van der Waals surface area contributed by atoms with Gasteiger partial charge in [-0.1, -0.05) is 18.2 Å². The lowest BCUT2D eigenvalue weighted by Crippen LogP contribution is -2.43. The van der Waals surface area contributed by atoms with Crippen LogP contribution >= 0.6 is 0 Å². The third-order valence-electron chi connectivity index (χ3n) is 4.60. The van der Waals surface area contributed by atoms with Crippen molar-refractivity contribution in [1.29, 1.82) is 0 Å². The topological polar surface area (TPSA) is 49.9 Å². The van der Waals surface area contributed by atoms with Gasteiger partial charge >= 0.3 is 6.18 Å². The normalized spacial score (nSPS) is 16.0. The van der Waals surface area contributed by atoms with Crippen molar-refractivity contribution in [3.05, 3.63) is 59.9 Å². The van der Waals surface area contributed by atoms with Crippen LogP contribution in [-0.2, 0) is 20.9 Å². The molecule has 1 saturated heterocycles. The van der Waals surface area contributed by atoms with Crippen LogP contribution in [0.15, 0.2) is 53.4 Å². The highest BCUT2D eigenvalue weighted by molar-refractivity contribution is 7.92. The lowest BCUT2D eigenvalue weighted by Gasteiger charge is -2.30. The molecule has 2 aromatic rings. The number of benzene rings is 2. The summed E-state index contributed by atoms with van der Waals surface area (Å²) in [6, 6.07) is 9.82. The summed E-state index contributed by atoms with van der Waals surface area (Å²) in [5.74, 6) is -1.52. The number of hydrogen-bond acceptors (Lipinski definition) is 4. The minimum atomic E-state index is -5.00. The molecule has 1 fully saturated rings. The maximum absolute atomic E-state index is 13.6. The molecule has 0 bridgehead atoms. The SMILES string of the molecule is O=S(=O)(c1ccc(F)c(C(F)(F)F)c1)N(CCN1CCOCC1)c1ccccc1. The third kappa shape index (κ3) is 5.06. The lowest BCUT2D eigenvalue weighted by atomic mass is 10.2. The second-order valence-electron chi connectivity index (χ2n) is 6.51. The molecule has 1 aliphatic heterocycles. The number of para-hydroxylation sites is 1. The summed E-state index contributed by atoms with van der Waals surface area (Å²) in [5.41, 5.74) is -1.29. The Kier molecular flexibility index (Phi) is 6.45. The van der Waals surface area contributed by atoms with Gasteiger partial charge in [-0.3, -0.25) is 9.21 Å². The zero-order valence-corrected chi connectivity index (χ0v) is 16.2. The highest BCUT2D eigenvalue weighted by Gasteiger charge is 2.36. The number of anilines is 1. The Hall–Kier alpha value is -2.17. The van der Waals surface area contributed by atoms with Crippen molar-refractivity contribution >= 4 is 15.7 Å². The molecule has 10 heteroatoms. The fourth-order valence-electron chi connectivity index (χ4n) is 3.05. The van der Waals surface area contributed by atoms with Gasteiger partial charge in [0.2, 0.25) is 0 Å². The Balaban J connectivity index is 1.95. The van der Waals surface area contributed by atoms with E-state index in [0.29, 0.717) is 50.7 Å². The molecule has 0 unspecified atom stereocenters. The van der Waals surface area contributed by atoms with E-state index in [2.05, 4.69) is 0 Å². The number of nitrogens with zero attached hydrogens (tertiary/aromatic N) is 2. The molecule has 29 heavy (non-hydrogen) atoms. The van der Waals surface area contributed by atoms with Crippen molar-refractivity contribution in [3.63, 3.8) is 0 Å². The first-order chi connectivity index (χ1) is 13.7. The molecule has 0 aliphatic carbocycles. The number of rotatable bonds is 6. The van der Waals surface area contributed by atoms with Gasteiger partial charge < -0.3 is 4.74 Å². The standard InChI is InChI=1S/C19H20F4N2O3S/c20-18-7-6-16(14-17(18)19(21,22)23)29(26,27)25(15-4-2-1-3-5-15)9-8-24-10-12-28-13-11-24/h1-7,14H,8-13H2. The molecule has 0 aromatic heterocycles. The molecule has 5 nitrogen and oxygen atoms in total. The molecule has 158 valence electrons. The predicted octanol–water partition coefficient (Wildman–Crippen LogP) is 3.37. The van der Waals surface area contributed by atoms with Gasteiger partial charge in [0.1, 0.15) is 5.82 Å². The highest BCUT2D eigenvalue weighted by atomic mass is 32.2. The summed E-state index contributed by atoms with van der Waals surface area (Å²) in [5, 5.41) is 0. The molecular formula is C19H20F4N2O3S. The Morgan fingerprint density at radius 2 is 1.69 bits per heavy atom. The number of sulfonamides is 1. The molecule has 1 heterocycles. The number of hydrogen-bond donors (Lipinski definition) is 0. The summed E-state index contributed by atoms with van der Waals surface area (Å²) in [4.78, 5) is 1.40. The van der Waals surface area contributed by atoms with E-state index in [9.17, 15) is 26.0 Å². The fraction of sp³-hybridized carbons (Fsp3) is 0.368. The molecule has 1 aliphatic rings. The Bertz CT molecular complexity index is 930. The van der Waals surface area contributed by atoms with Crippen molar-refractivity contribution < 1.29 is 30.7 Å². The summed E-state index contributed by atoms with van der Waals surface area (Å²) < 4.78 is 85.5. The first-order valence-corrected chi connectivity index (χ1v) is 10.4. The monoisotopic (exact) mass is 432 g/mol. The Morgan fingerprint density at radius 1 is 1.03 bits per heavy atom. The maximum atomic E-state index is 13.6. The molecule has 0 radical (unpaired) electrons. The van der Waals surface area contributed by atoms with E-state index in [1.165, 1.54) is 0 Å². The third-order valence-corrected chi connectivity index (χ3v) is 6.42. The number of alkyl halides is 3. The van der Waals surface area contributed by atoms with Crippen molar-refractivity contribution in [2.24, 2.45) is 0 Å². The fourth-order valence-corrected chi connectivity index (χ4v) is 4.53. The van der Waals surface area contributed by atoms with Crippen molar-refractivity contribution in [1.82, 2.24) is 4.90 Å². The van der Waals surface area contributed by atoms with Crippen LogP contribution in [-0.4, -0.2) is 52.7 Å². The van der Waals surface area contributed by atoms with E-state index in [4.69, 9.17) is 4.74 Å². The quantitative estimate of drug-likeness (QED) is 0.657. The highest BCUT2D eigenvalue weighted by Crippen LogP contribution is 2.34. The summed E-state index contributed by atoms with van der Waals surface area (Å²) >= 11 is 0. The van der Waals surface area contributed by atoms with Gasteiger partial charge in [0, 0.05) is 26.2 Å². The van der Waals surface area contributed by atoms with Crippen LogP contribution < -0.4 is 4.31 Å². The van der Waals surface area contributed by atoms with Gasteiger partial charge in [0.15, 0.2) is 0 Å². The smallest absolute Gasteiger partial charge is 0.379 e. The van der Waals surface area contributed by atoms with Crippen molar-refractivity contribution in [3.8, 4) is 0 Å². The molecule has 3 rings (SSSR count). The number of morpholine rings is 1. The molecule has 0 saturated carbocycles. The summed E-state index contributed by atoms with van der Waals surface area (Å²) in [7, 11) is -4.35. The lowest BCUT2D eigenvalue weighted by molar-refractivity contribution is -0.140. The van der Waals surface area contributed by atoms with Crippen molar-refractivity contribution in [2.45, 2.75) is 11.1 Å². The van der Waals surface area contributed by atoms with Crippen LogP contribution in [0.1, 0.15) is 5.56 Å². The molecule has 0 amide bonds. The van der Waals surface area contributed by atoms with E-state index >= 15 is 0 Å². The van der Waals surface area contributed by atoms with E-state index < -0.39 is 32.5 Å². The molecule has 0 spiro atoms. The Morgan fingerprint density at radius 3 is 2.31 bits per heavy atom. The van der Waals surface area contributed by atoms with E-state index in [0.717, 1.165) is 10.4 Å². The van der Waals surface area contributed by atoms with Gasteiger partial charge in [0.05, 0.1) is 29.4 Å². The van der Waals surface area contributed by atoms with Gasteiger partial charge in [0.25, 0.3) is 10.0 Å². The van der Waals surface area contributed by atoms with Crippen LogP contribution in [0.3, 0.4) is 0 Å². The van der Waals surface area contributed by atoms with Crippen LogP contribution in [0.5, 0.6) is 0 Å². The van der Waals surface area contributed by atoms with Crippen LogP contribution in [0, 0.1) is 5.82 Å². The van der Waals surface area contributed by atoms with Crippen LogP contribution in [0.4, 0.5) is 23.2 Å². The zero-order chi connectivity index (χ0) is 21.1. The second-order valence-corrected chi connectivity index (χ2v) is 8.37. The van der Waals surface area contributed by atoms with Crippen molar-refractivity contribution in [2.75, 3.05) is 43.7 Å². The first-order valence-electron chi connectivity index (χ1n) is 8.94. The minimum Gasteiger partial charge on any atom is -0.379 e. The van der Waals surface area contributed by atoms with Gasteiger partial charge in [-0.05, 0) is 30.3 Å². The maximum Gasteiger partial charge on any atom is 0.419 e. The predicted molar refractivity (Wildman–Crippen MR) is 99.6 cm³/mol. The van der Waals surface area contributed by atoms with Gasteiger partial charge in [-0.25, -0.2) is 12.8 Å². The zero-order valence-electron chi connectivity index (χ0n) is 15.4. The molecule has 2 aromatic carbocycles. The van der Waals surface area contributed by atoms with Gasteiger partial charge in [-0.15, -0.1) is 0 Å². The average molecular weight is 432 g/mol. The summed E-state index contributed by atoms with van der Waals surface area (Å²) in [6.45, 7) is 2.75. The second kappa shape index (κ2) is 8.68. The van der Waals surface area contributed by atoms with E-state index in [1.54, 1.807) is 30.3 Å². The minimum absolute atomic E-state index is 0.0328. The first kappa shape index (κ1) is 21.5. The van der Waals surface area contributed by atoms with E-state index in [1.807, 2.05) is 4.90 Å². The summed E-state index contributed by atoms with van der Waals surface area (Å²) in [6.07, 6.45) is -5.00. The molecule has 0 atom stereocenters. The number of ether oxygens (including phenoxy) is 1. The molecule has 0 N–H and O–H groups in total. The number of halogens is 4. The van der Waals surface area contributed by atoms with E-state index in [-0.39, 0.29) is 6.54 Å². The average Bonchev–Trinajstić information content (AvgIpc) is 2.69. The van der Waals surface area contributed by atoms with Gasteiger partial charge in [-0.2, -0.15) is 13.2 Å².